The molecule has 33 heavy (non-hydrogen) atoms. The Balaban J connectivity index is 1.36. The van der Waals surface area contributed by atoms with Gasteiger partial charge in [-0.15, -0.1) is 41.0 Å². The summed E-state index contributed by atoms with van der Waals surface area (Å²) in [6, 6.07) is 3.64. The second-order valence-electron chi connectivity index (χ2n) is 7.71. The van der Waals surface area contributed by atoms with E-state index >= 15 is 0 Å². The maximum atomic E-state index is 13.1. The van der Waals surface area contributed by atoms with Crippen molar-refractivity contribution in [2.75, 3.05) is 24.2 Å². The summed E-state index contributed by atoms with van der Waals surface area (Å²) in [5, 5.41) is 6.92. The Bertz CT molecular complexity index is 1150. The molecule has 0 saturated carbocycles. The van der Waals surface area contributed by atoms with E-state index in [1.807, 2.05) is 24.8 Å². The highest BCUT2D eigenvalue weighted by molar-refractivity contribution is 7.99. The van der Waals surface area contributed by atoms with Gasteiger partial charge in [0.25, 0.3) is 11.8 Å². The number of thiazole rings is 2. The van der Waals surface area contributed by atoms with Gasteiger partial charge in [-0.2, -0.15) is 0 Å². The van der Waals surface area contributed by atoms with Crippen molar-refractivity contribution in [3.05, 3.63) is 63.2 Å². The molecular formula is C23H25N5O2S3. The van der Waals surface area contributed by atoms with Crippen LogP contribution in [-0.4, -0.2) is 50.5 Å². The summed E-state index contributed by atoms with van der Waals surface area (Å²) >= 11 is 4.49. The minimum atomic E-state index is -0.236. The number of piperidine rings is 1. The number of aryl methyl sites for hydroxylation is 2. The summed E-state index contributed by atoms with van der Waals surface area (Å²) < 4.78 is 0. The Morgan fingerprint density at radius 1 is 1.30 bits per heavy atom. The molecule has 4 rings (SSSR count). The number of nitrogens with one attached hydrogen (secondary N) is 1. The minimum absolute atomic E-state index is 0.0151. The highest BCUT2D eigenvalue weighted by atomic mass is 32.2. The summed E-state index contributed by atoms with van der Waals surface area (Å²) in [5.74, 6) is 0.732. The van der Waals surface area contributed by atoms with Crippen LogP contribution in [0.4, 0.5) is 5.13 Å². The van der Waals surface area contributed by atoms with Crippen molar-refractivity contribution in [2.24, 2.45) is 0 Å². The van der Waals surface area contributed by atoms with Crippen LogP contribution in [-0.2, 0) is 0 Å². The third-order valence-electron chi connectivity index (χ3n) is 5.47. The van der Waals surface area contributed by atoms with E-state index in [4.69, 9.17) is 0 Å². The van der Waals surface area contributed by atoms with Crippen molar-refractivity contribution in [1.82, 2.24) is 19.9 Å². The van der Waals surface area contributed by atoms with Gasteiger partial charge in [-0.1, -0.05) is 6.08 Å². The van der Waals surface area contributed by atoms with Crippen molar-refractivity contribution >= 4 is 51.4 Å². The molecule has 0 spiro atoms. The van der Waals surface area contributed by atoms with E-state index in [9.17, 15) is 9.59 Å². The van der Waals surface area contributed by atoms with Crippen LogP contribution in [0.1, 0.15) is 55.2 Å². The lowest BCUT2D eigenvalue weighted by molar-refractivity contribution is 0.0708. The average molecular weight is 500 g/mol. The van der Waals surface area contributed by atoms with E-state index in [2.05, 4.69) is 26.8 Å². The van der Waals surface area contributed by atoms with Crippen LogP contribution in [0.25, 0.3) is 0 Å². The van der Waals surface area contributed by atoms with Crippen molar-refractivity contribution in [3.8, 4) is 0 Å². The second-order valence-corrected chi connectivity index (χ2v) is 10.8. The number of hydrogen-bond donors (Lipinski definition) is 1. The lowest BCUT2D eigenvalue weighted by Crippen LogP contribution is -2.38. The van der Waals surface area contributed by atoms with Gasteiger partial charge >= 0.3 is 0 Å². The van der Waals surface area contributed by atoms with Crippen LogP contribution < -0.4 is 5.32 Å². The van der Waals surface area contributed by atoms with Gasteiger partial charge in [-0.05, 0) is 38.8 Å². The van der Waals surface area contributed by atoms with Gasteiger partial charge < -0.3 is 4.90 Å². The summed E-state index contributed by atoms with van der Waals surface area (Å²) in [5.41, 5.74) is 1.98. The van der Waals surface area contributed by atoms with E-state index in [1.165, 1.54) is 34.4 Å². The number of nitrogens with zero attached hydrogens (tertiary/aromatic N) is 4. The summed E-state index contributed by atoms with van der Waals surface area (Å²) in [6.45, 7) is 8.96. The van der Waals surface area contributed by atoms with Crippen LogP contribution in [0.2, 0.25) is 0 Å². The fourth-order valence-electron chi connectivity index (χ4n) is 3.57. The van der Waals surface area contributed by atoms with Crippen LogP contribution in [0, 0.1) is 13.8 Å². The van der Waals surface area contributed by atoms with E-state index in [0.717, 1.165) is 33.4 Å². The number of carbonyl (C=O) groups is 2. The van der Waals surface area contributed by atoms with Gasteiger partial charge in [-0.3, -0.25) is 14.9 Å². The number of amides is 2. The minimum Gasteiger partial charge on any atom is -0.339 e. The Kier molecular flexibility index (Phi) is 7.56. The number of rotatable bonds is 7. The molecule has 1 fully saturated rings. The molecule has 10 heteroatoms. The van der Waals surface area contributed by atoms with E-state index in [-0.39, 0.29) is 17.7 Å². The zero-order valence-corrected chi connectivity index (χ0v) is 21.0. The first-order chi connectivity index (χ1) is 16.0. The zero-order valence-electron chi connectivity index (χ0n) is 18.5. The van der Waals surface area contributed by atoms with Crippen LogP contribution in [0.5, 0.6) is 0 Å². The molecule has 0 bridgehead atoms. The monoisotopic (exact) mass is 499 g/mol. The number of carbonyl (C=O) groups excluding carboxylic acids is 2. The molecule has 4 heterocycles. The van der Waals surface area contributed by atoms with Gasteiger partial charge in [0.2, 0.25) is 0 Å². The highest BCUT2D eigenvalue weighted by Gasteiger charge is 2.28. The molecule has 7 nitrogen and oxygen atoms in total. The number of anilines is 1. The molecule has 172 valence electrons. The standard InChI is InChI=1S/C23H25N5O2S3/c1-4-12-31-21-17(6-5-9-24-21)22(30)28-10-7-16(8-11-28)20-26-18(13-32-20)19(29)27-23-25-14(2)15(3)33-23/h4-6,9,13,16H,1,7-8,10-12H2,2-3H3,(H,25,27,29). The summed E-state index contributed by atoms with van der Waals surface area (Å²) in [4.78, 5) is 42.0. The first-order valence-electron chi connectivity index (χ1n) is 10.6. The number of hydrogen-bond acceptors (Lipinski definition) is 8. The fraction of sp³-hybridized carbons (Fsp3) is 0.348. The van der Waals surface area contributed by atoms with Gasteiger partial charge in [0.05, 0.1) is 16.3 Å². The quantitative estimate of drug-likeness (QED) is 0.357. The van der Waals surface area contributed by atoms with Crippen molar-refractivity contribution in [3.63, 3.8) is 0 Å². The van der Waals surface area contributed by atoms with E-state index in [1.54, 1.807) is 23.7 Å². The number of likely N-dealkylation sites (tertiary alicyclic amines) is 1. The second kappa shape index (κ2) is 10.6. The Labute approximate surface area is 205 Å². The van der Waals surface area contributed by atoms with Gasteiger partial charge in [0.15, 0.2) is 5.13 Å². The number of pyridine rings is 1. The first kappa shape index (κ1) is 23.6. The van der Waals surface area contributed by atoms with Crippen LogP contribution in [0.15, 0.2) is 41.4 Å². The zero-order chi connectivity index (χ0) is 23.4. The van der Waals surface area contributed by atoms with Gasteiger partial charge in [-0.25, -0.2) is 15.0 Å². The third-order valence-corrected chi connectivity index (χ3v) is 8.47. The summed E-state index contributed by atoms with van der Waals surface area (Å²) in [7, 11) is 0. The molecule has 1 aliphatic rings. The maximum Gasteiger partial charge on any atom is 0.276 e. The van der Waals surface area contributed by atoms with Crippen LogP contribution >= 0.6 is 34.4 Å². The lowest BCUT2D eigenvalue weighted by atomic mass is 9.97. The van der Waals surface area contributed by atoms with Crippen molar-refractivity contribution < 1.29 is 9.59 Å². The first-order valence-corrected chi connectivity index (χ1v) is 13.3. The van der Waals surface area contributed by atoms with E-state index in [0.29, 0.717) is 35.2 Å². The third kappa shape index (κ3) is 5.51. The average Bonchev–Trinajstić information content (AvgIpc) is 3.44. The molecule has 0 aliphatic carbocycles. The maximum absolute atomic E-state index is 13.1. The van der Waals surface area contributed by atoms with Crippen LogP contribution in [0.3, 0.4) is 0 Å². The summed E-state index contributed by atoms with van der Waals surface area (Å²) in [6.07, 6.45) is 5.16. The molecule has 1 N–H and O–H groups in total. The van der Waals surface area contributed by atoms with Gasteiger partial charge in [0, 0.05) is 41.2 Å². The Morgan fingerprint density at radius 3 is 2.79 bits per heavy atom. The Morgan fingerprint density at radius 2 is 2.09 bits per heavy atom. The molecular weight excluding hydrogens is 474 g/mol. The fourth-order valence-corrected chi connectivity index (χ4v) is 6.08. The van der Waals surface area contributed by atoms with Crippen molar-refractivity contribution in [2.45, 2.75) is 37.6 Å². The predicted molar refractivity (Wildman–Crippen MR) is 135 cm³/mol. The molecule has 1 aliphatic heterocycles. The molecule has 0 aromatic carbocycles. The number of thioether (sulfide) groups is 1. The topological polar surface area (TPSA) is 88.1 Å². The predicted octanol–water partition coefficient (Wildman–Crippen LogP) is 5.16. The van der Waals surface area contributed by atoms with Crippen molar-refractivity contribution in [1.29, 1.82) is 0 Å². The SMILES string of the molecule is C=CCSc1ncccc1C(=O)N1CCC(c2nc(C(=O)Nc3nc(C)c(C)s3)cs2)CC1. The largest absolute Gasteiger partial charge is 0.339 e. The molecule has 3 aromatic heterocycles. The highest BCUT2D eigenvalue weighted by Crippen LogP contribution is 2.32. The Hall–Kier alpha value is -2.56. The smallest absolute Gasteiger partial charge is 0.276 e. The molecule has 2 amide bonds. The normalized spacial score (nSPS) is 14.3. The molecule has 0 atom stereocenters. The lowest BCUT2D eigenvalue weighted by Gasteiger charge is -2.31. The number of aromatic nitrogens is 3. The van der Waals surface area contributed by atoms with E-state index < -0.39 is 0 Å². The molecule has 0 radical (unpaired) electrons. The molecule has 1 saturated heterocycles. The molecule has 0 unspecified atom stereocenters. The molecule has 3 aromatic rings. The van der Waals surface area contributed by atoms with Gasteiger partial charge in [0.1, 0.15) is 10.7 Å².